The summed E-state index contributed by atoms with van der Waals surface area (Å²) in [7, 11) is 0. The summed E-state index contributed by atoms with van der Waals surface area (Å²) < 4.78 is 2.33. The van der Waals surface area contributed by atoms with Gasteiger partial charge in [0.1, 0.15) is 0 Å². The first kappa shape index (κ1) is 24.3. The molecule has 170 valence electrons. The second kappa shape index (κ2) is 9.79. The summed E-state index contributed by atoms with van der Waals surface area (Å²) in [6, 6.07) is 23.0. The number of rotatable bonds is 4. The minimum atomic E-state index is -0.0882. The fraction of sp³-hybridized carbons (Fsp3) is 0.222. The van der Waals surface area contributed by atoms with Crippen molar-refractivity contribution in [2.45, 2.75) is 38.5 Å². The van der Waals surface area contributed by atoms with E-state index in [-0.39, 0.29) is 22.4 Å². The second-order valence-corrected chi connectivity index (χ2v) is 10.2. The third kappa shape index (κ3) is 4.46. The van der Waals surface area contributed by atoms with Crippen molar-refractivity contribution in [1.82, 2.24) is 4.57 Å². The molecule has 0 spiro atoms. The molecule has 0 bridgehead atoms. The molecule has 1 saturated carbocycles. The molecule has 33 heavy (non-hydrogen) atoms. The Bertz CT molecular complexity index is 1350. The number of halogens is 3. The monoisotopic (exact) mass is 558 g/mol. The van der Waals surface area contributed by atoms with Crippen molar-refractivity contribution in [1.29, 1.82) is 0 Å². The molecule has 1 fully saturated rings. The lowest BCUT2D eigenvalue weighted by Crippen LogP contribution is -2.38. The molecule has 0 unspecified atom stereocenters. The van der Waals surface area contributed by atoms with Gasteiger partial charge >= 0.3 is 0 Å². The summed E-state index contributed by atoms with van der Waals surface area (Å²) >= 11 is 14.4. The molecule has 0 atom stereocenters. The van der Waals surface area contributed by atoms with Crippen molar-refractivity contribution < 1.29 is 0 Å². The van der Waals surface area contributed by atoms with Crippen LogP contribution in [0.15, 0.2) is 77.1 Å². The molecule has 6 heteroatoms. The van der Waals surface area contributed by atoms with E-state index in [9.17, 15) is 0 Å². The van der Waals surface area contributed by atoms with Crippen molar-refractivity contribution in [3.05, 3.63) is 109 Å². The summed E-state index contributed by atoms with van der Waals surface area (Å²) in [6.07, 6.45) is 3.35. The maximum Gasteiger partial charge on any atom is 0.194 e. The highest BCUT2D eigenvalue weighted by molar-refractivity contribution is 8.93. The summed E-state index contributed by atoms with van der Waals surface area (Å²) in [4.78, 5) is 6.07. The molecule has 4 aromatic rings. The normalized spacial score (nSPS) is 15.1. The Morgan fingerprint density at radius 3 is 2.27 bits per heavy atom. The maximum absolute atomic E-state index is 6.44. The van der Waals surface area contributed by atoms with E-state index < -0.39 is 0 Å². The Hall–Kier alpha value is -1.85. The molecule has 0 amide bonds. The molecule has 0 aliphatic heterocycles. The maximum atomic E-state index is 6.44. The van der Waals surface area contributed by atoms with E-state index in [1.54, 1.807) is 11.3 Å². The minimum absolute atomic E-state index is 0. The number of hydrogen-bond donors (Lipinski definition) is 0. The predicted molar refractivity (Wildman–Crippen MR) is 146 cm³/mol. The van der Waals surface area contributed by atoms with Crippen LogP contribution >= 0.6 is 51.5 Å². The van der Waals surface area contributed by atoms with Gasteiger partial charge in [-0.2, -0.15) is 0 Å². The van der Waals surface area contributed by atoms with Crippen LogP contribution in [0, 0.1) is 13.8 Å². The molecule has 0 N–H and O–H groups in total. The number of hydrogen-bond acceptors (Lipinski definition) is 2. The molecular weight excluding hydrogens is 535 g/mol. The summed E-state index contributed by atoms with van der Waals surface area (Å²) in [6.45, 7) is 4.22. The molecule has 1 aliphatic carbocycles. The summed E-state index contributed by atoms with van der Waals surface area (Å²) in [5, 5.41) is 3.48. The van der Waals surface area contributed by atoms with Gasteiger partial charge in [0, 0.05) is 22.2 Å². The van der Waals surface area contributed by atoms with Crippen LogP contribution in [-0.4, -0.2) is 4.57 Å². The Morgan fingerprint density at radius 2 is 1.64 bits per heavy atom. The molecule has 2 nitrogen and oxygen atoms in total. The number of benzene rings is 3. The van der Waals surface area contributed by atoms with Gasteiger partial charge in [-0.05, 0) is 68.1 Å². The fourth-order valence-electron chi connectivity index (χ4n) is 4.47. The highest BCUT2D eigenvalue weighted by atomic mass is 79.9. The Labute approximate surface area is 219 Å². The zero-order chi connectivity index (χ0) is 22.3. The van der Waals surface area contributed by atoms with E-state index in [0.717, 1.165) is 29.0 Å². The largest absolute Gasteiger partial charge is 0.289 e. The van der Waals surface area contributed by atoms with E-state index in [2.05, 4.69) is 72.3 Å². The Morgan fingerprint density at radius 1 is 0.909 bits per heavy atom. The minimum Gasteiger partial charge on any atom is -0.289 e. The standard InChI is InChI=1S/C27H24Cl2N2S.BrH/c1-18-8-11-21(12-9-18)31-25(17-32-26(31)30-24-7-4-3-6-19(24)2)27(14-5-15-27)20-10-13-22(28)23(29)16-20;/h3-4,6-13,16-17H,5,14-15H2,1-2H3;1H. The van der Waals surface area contributed by atoms with Gasteiger partial charge in [-0.3, -0.25) is 4.57 Å². The molecule has 1 heterocycles. The molecule has 0 saturated heterocycles. The van der Waals surface area contributed by atoms with E-state index >= 15 is 0 Å². The average Bonchev–Trinajstić information content (AvgIpc) is 3.16. The second-order valence-electron chi connectivity index (χ2n) is 8.54. The third-order valence-corrected chi connectivity index (χ3v) is 8.07. The summed E-state index contributed by atoms with van der Waals surface area (Å²) in [5.41, 5.74) is 6.94. The van der Waals surface area contributed by atoms with Crippen LogP contribution in [0.1, 0.15) is 41.6 Å². The van der Waals surface area contributed by atoms with Crippen molar-refractivity contribution in [3.8, 4) is 5.69 Å². The number of para-hydroxylation sites is 1. The topological polar surface area (TPSA) is 17.3 Å². The van der Waals surface area contributed by atoms with Gasteiger partial charge in [0.15, 0.2) is 4.80 Å². The first-order valence-corrected chi connectivity index (χ1v) is 12.5. The third-order valence-electron chi connectivity index (χ3n) is 6.50. The van der Waals surface area contributed by atoms with Gasteiger partial charge in [0.25, 0.3) is 0 Å². The summed E-state index contributed by atoms with van der Waals surface area (Å²) in [5.74, 6) is 0. The number of thiazole rings is 1. The lowest BCUT2D eigenvalue weighted by molar-refractivity contribution is 0.289. The fourth-order valence-corrected chi connectivity index (χ4v) is 5.78. The van der Waals surface area contributed by atoms with Crippen LogP contribution in [-0.2, 0) is 5.41 Å². The number of nitrogens with zero attached hydrogens (tertiary/aromatic N) is 2. The van der Waals surface area contributed by atoms with Gasteiger partial charge in [-0.25, -0.2) is 4.99 Å². The lowest BCUT2D eigenvalue weighted by Gasteiger charge is -2.43. The van der Waals surface area contributed by atoms with Gasteiger partial charge in [0.05, 0.1) is 15.7 Å². The average molecular weight is 560 g/mol. The lowest BCUT2D eigenvalue weighted by atomic mass is 9.62. The van der Waals surface area contributed by atoms with Gasteiger partial charge in [-0.1, -0.05) is 71.6 Å². The molecule has 3 aromatic carbocycles. The predicted octanol–water partition coefficient (Wildman–Crippen LogP) is 8.74. The first-order chi connectivity index (χ1) is 15.5. The van der Waals surface area contributed by atoms with Gasteiger partial charge < -0.3 is 0 Å². The highest BCUT2D eigenvalue weighted by Gasteiger charge is 2.43. The van der Waals surface area contributed by atoms with Crippen LogP contribution in [0.5, 0.6) is 0 Å². The van der Waals surface area contributed by atoms with E-state index in [4.69, 9.17) is 28.2 Å². The van der Waals surface area contributed by atoms with Crippen LogP contribution in [0.2, 0.25) is 10.0 Å². The first-order valence-electron chi connectivity index (χ1n) is 10.8. The molecular formula is C27H25BrCl2N2S. The van der Waals surface area contributed by atoms with Crippen LogP contribution in [0.25, 0.3) is 5.69 Å². The zero-order valence-electron chi connectivity index (χ0n) is 18.5. The van der Waals surface area contributed by atoms with Crippen molar-refractivity contribution >= 4 is 57.2 Å². The number of aromatic nitrogens is 1. The van der Waals surface area contributed by atoms with E-state index in [1.807, 2.05) is 18.2 Å². The smallest absolute Gasteiger partial charge is 0.194 e. The van der Waals surface area contributed by atoms with Gasteiger partial charge in [0.2, 0.25) is 0 Å². The zero-order valence-corrected chi connectivity index (χ0v) is 22.6. The van der Waals surface area contributed by atoms with Crippen molar-refractivity contribution in [3.63, 3.8) is 0 Å². The Kier molecular flexibility index (Phi) is 7.20. The Balaban J connectivity index is 0.00000259. The number of aryl methyl sites for hydroxylation is 2. The molecule has 1 aromatic heterocycles. The molecule has 1 aliphatic rings. The quantitative estimate of drug-likeness (QED) is 0.238. The molecule has 5 rings (SSSR count). The van der Waals surface area contributed by atoms with E-state index in [1.165, 1.54) is 28.8 Å². The molecule has 0 radical (unpaired) electrons. The van der Waals surface area contributed by atoms with Crippen molar-refractivity contribution in [2.24, 2.45) is 4.99 Å². The van der Waals surface area contributed by atoms with Crippen LogP contribution < -0.4 is 4.80 Å². The van der Waals surface area contributed by atoms with Crippen molar-refractivity contribution in [2.75, 3.05) is 0 Å². The van der Waals surface area contributed by atoms with E-state index in [0.29, 0.717) is 10.0 Å². The van der Waals surface area contributed by atoms with Gasteiger partial charge in [-0.15, -0.1) is 28.3 Å². The van der Waals surface area contributed by atoms with Crippen LogP contribution in [0.3, 0.4) is 0 Å². The highest BCUT2D eigenvalue weighted by Crippen LogP contribution is 2.50. The SMILES string of the molecule is Br.Cc1ccc(-n2c(C3(c4ccc(Cl)c(Cl)c4)CCC3)csc2=Nc2ccccc2C)cc1. The van der Waals surface area contributed by atoms with Crippen LogP contribution in [0.4, 0.5) is 5.69 Å².